The van der Waals surface area contributed by atoms with E-state index in [-0.39, 0.29) is 24.3 Å². The number of carbonyl (C=O) groups is 2. The van der Waals surface area contributed by atoms with Gasteiger partial charge < -0.3 is 23.4 Å². The Morgan fingerprint density at radius 2 is 2.14 bits per heavy atom. The van der Waals surface area contributed by atoms with Crippen LogP contribution in [0.4, 0.5) is 4.79 Å². The fourth-order valence-corrected chi connectivity index (χ4v) is 2.94. The molecule has 120 valence electrons. The van der Waals surface area contributed by atoms with E-state index in [9.17, 15) is 14.4 Å². The van der Waals surface area contributed by atoms with Gasteiger partial charge in [0.25, 0.3) is 0 Å². The Kier molecular flexibility index (Phi) is 3.91. The third-order valence-corrected chi connectivity index (χ3v) is 4.13. The number of ether oxygens (including phenoxy) is 1. The Balaban J connectivity index is 1.52. The van der Waals surface area contributed by atoms with Crippen molar-refractivity contribution in [1.82, 2.24) is 9.80 Å². The number of rotatable bonds is 3. The molecule has 2 fully saturated rings. The molecule has 0 N–H and O–H groups in total. The molecule has 0 aliphatic carbocycles. The van der Waals surface area contributed by atoms with Crippen LogP contribution in [0.1, 0.15) is 30.8 Å². The minimum Gasteiger partial charge on any atom is -0.441 e. The van der Waals surface area contributed by atoms with Crippen molar-refractivity contribution in [3.8, 4) is 0 Å². The highest BCUT2D eigenvalue weighted by Crippen LogP contribution is 2.22. The van der Waals surface area contributed by atoms with Gasteiger partial charge >= 0.3 is 11.9 Å². The first-order valence-corrected chi connectivity index (χ1v) is 7.35. The molecular formula is C14H18N2O6. The van der Waals surface area contributed by atoms with Crippen LogP contribution < -0.4 is 5.82 Å². The van der Waals surface area contributed by atoms with Gasteiger partial charge in [-0.05, 0) is 19.8 Å². The van der Waals surface area contributed by atoms with Crippen LogP contribution in [0.25, 0.3) is 0 Å². The number of hydrogen-bond acceptors (Lipinski definition) is 6. The zero-order valence-corrected chi connectivity index (χ0v) is 12.4. The summed E-state index contributed by atoms with van der Waals surface area (Å²) in [6.45, 7) is 3.24. The van der Waals surface area contributed by atoms with E-state index in [1.807, 2.05) is 4.90 Å². The highest BCUT2D eigenvalue weighted by molar-refractivity contribution is 5.78. The van der Waals surface area contributed by atoms with Gasteiger partial charge in [-0.2, -0.15) is 0 Å². The summed E-state index contributed by atoms with van der Waals surface area (Å²) in [4.78, 5) is 38.1. The van der Waals surface area contributed by atoms with E-state index in [0.717, 1.165) is 19.4 Å². The minimum atomic E-state index is -0.808. The molecule has 8 nitrogen and oxygen atoms in total. The normalized spacial score (nSPS) is 21.7. The molecule has 2 aliphatic rings. The molecule has 0 saturated carbocycles. The van der Waals surface area contributed by atoms with Crippen molar-refractivity contribution in [3.05, 3.63) is 22.1 Å². The number of nitrogens with zero attached hydrogens (tertiary/aromatic N) is 2. The van der Waals surface area contributed by atoms with Gasteiger partial charge in [0.15, 0.2) is 18.1 Å². The van der Waals surface area contributed by atoms with Crippen molar-refractivity contribution in [2.75, 3.05) is 19.6 Å². The quantitative estimate of drug-likeness (QED) is 0.822. The highest BCUT2D eigenvalue weighted by atomic mass is 16.6. The average Bonchev–Trinajstić information content (AvgIpc) is 3.16. The summed E-state index contributed by atoms with van der Waals surface area (Å²) in [7, 11) is 0. The molecule has 2 aliphatic heterocycles. The topological polar surface area (TPSA) is 93.2 Å². The fourth-order valence-electron chi connectivity index (χ4n) is 2.94. The van der Waals surface area contributed by atoms with Gasteiger partial charge in [0.05, 0.1) is 6.04 Å². The van der Waals surface area contributed by atoms with Crippen LogP contribution in [0.15, 0.2) is 13.6 Å². The molecule has 0 spiro atoms. The second-order valence-corrected chi connectivity index (χ2v) is 5.57. The maximum absolute atomic E-state index is 12.0. The van der Waals surface area contributed by atoms with E-state index < -0.39 is 11.9 Å². The van der Waals surface area contributed by atoms with Gasteiger partial charge in [-0.3, -0.25) is 4.79 Å². The Bertz CT molecular complexity index is 634. The van der Waals surface area contributed by atoms with E-state index in [1.165, 1.54) is 0 Å². The van der Waals surface area contributed by atoms with Crippen LogP contribution in [0.5, 0.6) is 0 Å². The second kappa shape index (κ2) is 5.86. The molecule has 2 amide bonds. The first kappa shape index (κ1) is 14.7. The van der Waals surface area contributed by atoms with E-state index >= 15 is 0 Å². The molecule has 8 heteroatoms. The third-order valence-electron chi connectivity index (χ3n) is 4.13. The number of likely N-dealkylation sites (tertiary alicyclic amines) is 2. The van der Waals surface area contributed by atoms with Crippen molar-refractivity contribution in [2.45, 2.75) is 38.8 Å². The van der Waals surface area contributed by atoms with Gasteiger partial charge in [-0.25, -0.2) is 9.59 Å². The summed E-state index contributed by atoms with van der Waals surface area (Å²) in [5, 5.41) is 0. The van der Waals surface area contributed by atoms with Gasteiger partial charge in [-0.15, -0.1) is 0 Å². The Morgan fingerprint density at radius 1 is 1.32 bits per heavy atom. The predicted octanol–water partition coefficient (Wildman–Crippen LogP) is 0.875. The molecule has 1 aromatic heterocycles. The highest BCUT2D eigenvalue weighted by Gasteiger charge is 2.35. The predicted molar refractivity (Wildman–Crippen MR) is 73.1 cm³/mol. The Morgan fingerprint density at radius 3 is 2.77 bits per heavy atom. The SMILES string of the molecule is Cc1oc(=O)oc1COC(=O)N1CC[C@@H](N2CCCC2=O)C1. The van der Waals surface area contributed by atoms with E-state index in [0.29, 0.717) is 25.3 Å². The average molecular weight is 310 g/mol. The summed E-state index contributed by atoms with van der Waals surface area (Å²) < 4.78 is 14.6. The maximum atomic E-state index is 12.0. The lowest BCUT2D eigenvalue weighted by Gasteiger charge is -2.23. The number of hydrogen-bond donors (Lipinski definition) is 0. The first-order chi connectivity index (χ1) is 10.5. The maximum Gasteiger partial charge on any atom is 0.519 e. The summed E-state index contributed by atoms with van der Waals surface area (Å²) in [5.74, 6) is -0.128. The Labute approximate surface area is 126 Å². The molecule has 1 atom stereocenters. The van der Waals surface area contributed by atoms with E-state index in [4.69, 9.17) is 13.6 Å². The van der Waals surface area contributed by atoms with Crippen LogP contribution in [0.3, 0.4) is 0 Å². The van der Waals surface area contributed by atoms with Crippen LogP contribution in [0, 0.1) is 6.92 Å². The summed E-state index contributed by atoms with van der Waals surface area (Å²) >= 11 is 0. The van der Waals surface area contributed by atoms with Gasteiger partial charge in [0.2, 0.25) is 5.91 Å². The molecule has 22 heavy (non-hydrogen) atoms. The van der Waals surface area contributed by atoms with Crippen LogP contribution >= 0.6 is 0 Å². The zero-order valence-electron chi connectivity index (χ0n) is 12.4. The number of aryl methyl sites for hydroxylation is 1. The molecule has 0 radical (unpaired) electrons. The lowest BCUT2D eigenvalue weighted by molar-refractivity contribution is -0.129. The van der Waals surface area contributed by atoms with Crippen molar-refractivity contribution in [3.63, 3.8) is 0 Å². The van der Waals surface area contributed by atoms with Gasteiger partial charge in [-0.1, -0.05) is 0 Å². The van der Waals surface area contributed by atoms with Crippen LogP contribution in [-0.4, -0.2) is 47.5 Å². The lowest BCUT2D eigenvalue weighted by atomic mass is 10.2. The largest absolute Gasteiger partial charge is 0.519 e. The molecule has 3 heterocycles. The van der Waals surface area contributed by atoms with Crippen molar-refractivity contribution in [1.29, 1.82) is 0 Å². The molecule has 0 bridgehead atoms. The van der Waals surface area contributed by atoms with Crippen molar-refractivity contribution < 1.29 is 23.2 Å². The molecule has 3 rings (SSSR count). The van der Waals surface area contributed by atoms with Gasteiger partial charge in [0, 0.05) is 26.1 Å². The lowest BCUT2D eigenvalue weighted by Crippen LogP contribution is -2.39. The standard InChI is InChI=1S/C14H18N2O6/c1-9-11(22-14(19)21-9)8-20-13(18)15-6-4-10(7-15)16-5-2-3-12(16)17/h10H,2-8H2,1H3/t10-/m1/s1. The van der Waals surface area contributed by atoms with Crippen LogP contribution in [0.2, 0.25) is 0 Å². The first-order valence-electron chi connectivity index (χ1n) is 7.35. The number of carbonyl (C=O) groups excluding carboxylic acids is 2. The third kappa shape index (κ3) is 2.86. The van der Waals surface area contributed by atoms with E-state index in [2.05, 4.69) is 0 Å². The molecule has 2 saturated heterocycles. The smallest absolute Gasteiger partial charge is 0.441 e. The van der Waals surface area contributed by atoms with Crippen LogP contribution in [-0.2, 0) is 16.1 Å². The second-order valence-electron chi connectivity index (χ2n) is 5.57. The van der Waals surface area contributed by atoms with Crippen molar-refractivity contribution >= 4 is 12.0 Å². The minimum absolute atomic E-state index is 0.0798. The fraction of sp³-hybridized carbons (Fsp3) is 0.643. The van der Waals surface area contributed by atoms with Crippen molar-refractivity contribution in [2.24, 2.45) is 0 Å². The monoisotopic (exact) mass is 310 g/mol. The molecule has 1 aromatic rings. The molecular weight excluding hydrogens is 292 g/mol. The molecule has 0 aromatic carbocycles. The zero-order chi connectivity index (χ0) is 15.7. The summed E-state index contributed by atoms with van der Waals surface area (Å²) in [6, 6.07) is 0.0798. The number of amides is 2. The summed E-state index contributed by atoms with van der Waals surface area (Å²) in [5.41, 5.74) is 0. The van der Waals surface area contributed by atoms with E-state index in [1.54, 1.807) is 11.8 Å². The van der Waals surface area contributed by atoms with Gasteiger partial charge in [0.1, 0.15) is 0 Å². The summed E-state index contributed by atoms with van der Waals surface area (Å²) in [6.07, 6.45) is 1.77. The Hall–Kier alpha value is -2.25. The molecule has 0 unspecified atom stereocenters.